The van der Waals surface area contributed by atoms with Gasteiger partial charge in [0, 0.05) is 16.2 Å². The maximum absolute atomic E-state index is 6.11. The average Bonchev–Trinajstić information content (AvgIpc) is 2.33. The van der Waals surface area contributed by atoms with Gasteiger partial charge in [0.15, 0.2) is 0 Å². The summed E-state index contributed by atoms with van der Waals surface area (Å²) in [4.78, 5) is 0. The molecule has 0 spiro atoms. The molecule has 0 heterocycles. The molecular formula is C16H17BrClN. The summed E-state index contributed by atoms with van der Waals surface area (Å²) >= 11 is 9.51. The van der Waals surface area contributed by atoms with Gasteiger partial charge in [-0.3, -0.25) is 0 Å². The van der Waals surface area contributed by atoms with Gasteiger partial charge in [-0.1, -0.05) is 35.4 Å². The molecule has 0 amide bonds. The van der Waals surface area contributed by atoms with Crippen LogP contribution in [0.2, 0.25) is 5.02 Å². The lowest BCUT2D eigenvalue weighted by Gasteiger charge is -2.18. The minimum atomic E-state index is 0.248. The number of hydrogen-bond donors (Lipinski definition) is 1. The summed E-state index contributed by atoms with van der Waals surface area (Å²) in [5.74, 6) is 0. The zero-order valence-corrected chi connectivity index (χ0v) is 13.6. The Morgan fingerprint density at radius 3 is 2.47 bits per heavy atom. The first-order valence-corrected chi connectivity index (χ1v) is 7.43. The van der Waals surface area contributed by atoms with Crippen molar-refractivity contribution in [3.8, 4) is 0 Å². The topological polar surface area (TPSA) is 12.0 Å². The van der Waals surface area contributed by atoms with E-state index in [0.717, 1.165) is 15.2 Å². The van der Waals surface area contributed by atoms with Crippen LogP contribution in [0.3, 0.4) is 0 Å². The molecule has 0 aliphatic heterocycles. The Labute approximate surface area is 128 Å². The summed E-state index contributed by atoms with van der Waals surface area (Å²) in [6.07, 6.45) is 0. The molecule has 100 valence electrons. The second kappa shape index (κ2) is 5.98. The molecule has 1 N–H and O–H groups in total. The van der Waals surface area contributed by atoms with E-state index in [1.54, 1.807) is 0 Å². The van der Waals surface area contributed by atoms with Gasteiger partial charge >= 0.3 is 0 Å². The second-order valence-corrected chi connectivity index (χ2v) is 6.12. The van der Waals surface area contributed by atoms with E-state index < -0.39 is 0 Å². The van der Waals surface area contributed by atoms with E-state index in [4.69, 9.17) is 11.6 Å². The molecule has 2 aromatic carbocycles. The molecule has 0 radical (unpaired) electrons. The SMILES string of the molecule is Cc1ccc(C(C)Nc2ccc(Br)c(Cl)c2)c(C)c1. The van der Waals surface area contributed by atoms with Gasteiger partial charge in [-0.15, -0.1) is 0 Å². The van der Waals surface area contributed by atoms with Gasteiger partial charge in [0.2, 0.25) is 0 Å². The highest BCUT2D eigenvalue weighted by molar-refractivity contribution is 9.10. The fraction of sp³-hybridized carbons (Fsp3) is 0.250. The normalized spacial score (nSPS) is 12.3. The first kappa shape index (κ1) is 14.4. The number of nitrogens with one attached hydrogen (secondary N) is 1. The van der Waals surface area contributed by atoms with Crippen LogP contribution in [0.4, 0.5) is 5.69 Å². The molecule has 0 aromatic heterocycles. The van der Waals surface area contributed by atoms with Crippen molar-refractivity contribution < 1.29 is 0 Å². The predicted molar refractivity (Wildman–Crippen MR) is 87.1 cm³/mol. The van der Waals surface area contributed by atoms with Crippen LogP contribution in [0.5, 0.6) is 0 Å². The van der Waals surface area contributed by atoms with Crippen molar-refractivity contribution in [1.29, 1.82) is 0 Å². The van der Waals surface area contributed by atoms with Crippen LogP contribution < -0.4 is 5.32 Å². The van der Waals surface area contributed by atoms with Crippen LogP contribution in [0, 0.1) is 13.8 Å². The Morgan fingerprint density at radius 2 is 1.84 bits per heavy atom. The fourth-order valence-electron chi connectivity index (χ4n) is 2.23. The first-order valence-electron chi connectivity index (χ1n) is 6.26. The molecule has 3 heteroatoms. The minimum absolute atomic E-state index is 0.248. The Kier molecular flexibility index (Phi) is 4.54. The van der Waals surface area contributed by atoms with Gasteiger partial charge in [-0.05, 0) is 66.0 Å². The van der Waals surface area contributed by atoms with Crippen LogP contribution in [-0.4, -0.2) is 0 Å². The molecule has 1 atom stereocenters. The summed E-state index contributed by atoms with van der Waals surface area (Å²) in [7, 11) is 0. The van der Waals surface area contributed by atoms with E-state index in [1.807, 2.05) is 18.2 Å². The number of benzene rings is 2. The largest absolute Gasteiger partial charge is 0.378 e. The fourth-order valence-corrected chi connectivity index (χ4v) is 2.65. The summed E-state index contributed by atoms with van der Waals surface area (Å²) in [6, 6.07) is 12.7. The van der Waals surface area contributed by atoms with Gasteiger partial charge in [-0.25, -0.2) is 0 Å². The van der Waals surface area contributed by atoms with Crippen LogP contribution >= 0.6 is 27.5 Å². The van der Waals surface area contributed by atoms with Crippen molar-refractivity contribution in [2.24, 2.45) is 0 Å². The smallest absolute Gasteiger partial charge is 0.0568 e. The summed E-state index contributed by atoms with van der Waals surface area (Å²) in [5, 5.41) is 4.20. The maximum atomic E-state index is 6.11. The molecule has 2 rings (SSSR count). The minimum Gasteiger partial charge on any atom is -0.378 e. The molecular weight excluding hydrogens is 322 g/mol. The van der Waals surface area contributed by atoms with E-state index in [-0.39, 0.29) is 6.04 Å². The zero-order chi connectivity index (χ0) is 14.0. The number of rotatable bonds is 3. The molecule has 0 saturated carbocycles. The van der Waals surface area contributed by atoms with Crippen molar-refractivity contribution in [1.82, 2.24) is 0 Å². The Hall–Kier alpha value is -0.990. The van der Waals surface area contributed by atoms with Crippen molar-refractivity contribution in [2.45, 2.75) is 26.8 Å². The highest BCUT2D eigenvalue weighted by atomic mass is 79.9. The molecule has 0 saturated heterocycles. The third-order valence-electron chi connectivity index (χ3n) is 3.19. The van der Waals surface area contributed by atoms with E-state index in [2.05, 4.69) is 60.2 Å². The Morgan fingerprint density at radius 1 is 1.11 bits per heavy atom. The van der Waals surface area contributed by atoms with E-state index in [0.29, 0.717) is 0 Å². The first-order chi connectivity index (χ1) is 8.97. The zero-order valence-electron chi connectivity index (χ0n) is 11.3. The highest BCUT2D eigenvalue weighted by Crippen LogP contribution is 2.28. The lowest BCUT2D eigenvalue weighted by molar-refractivity contribution is 0.873. The van der Waals surface area contributed by atoms with Crippen LogP contribution in [-0.2, 0) is 0 Å². The van der Waals surface area contributed by atoms with Crippen molar-refractivity contribution in [3.63, 3.8) is 0 Å². The standard InChI is InChI=1S/C16H17BrClN/c1-10-4-6-14(11(2)8-10)12(3)19-13-5-7-15(17)16(18)9-13/h4-9,12,19H,1-3H3. The van der Waals surface area contributed by atoms with Crippen LogP contribution in [0.1, 0.15) is 29.7 Å². The molecule has 0 fully saturated rings. The summed E-state index contributed by atoms with van der Waals surface area (Å²) in [6.45, 7) is 6.42. The molecule has 0 aliphatic carbocycles. The molecule has 19 heavy (non-hydrogen) atoms. The van der Waals surface area contributed by atoms with E-state index >= 15 is 0 Å². The van der Waals surface area contributed by atoms with Crippen molar-refractivity contribution in [2.75, 3.05) is 5.32 Å². The molecule has 1 nitrogen and oxygen atoms in total. The third kappa shape index (κ3) is 3.52. The summed E-state index contributed by atoms with van der Waals surface area (Å²) < 4.78 is 0.916. The second-order valence-electron chi connectivity index (χ2n) is 4.85. The molecule has 2 aromatic rings. The van der Waals surface area contributed by atoms with Crippen molar-refractivity contribution in [3.05, 3.63) is 62.6 Å². The maximum Gasteiger partial charge on any atom is 0.0568 e. The molecule has 0 bridgehead atoms. The average molecular weight is 339 g/mol. The lowest BCUT2D eigenvalue weighted by atomic mass is 10.00. The van der Waals surface area contributed by atoms with Gasteiger partial charge in [0.25, 0.3) is 0 Å². The highest BCUT2D eigenvalue weighted by Gasteiger charge is 2.09. The van der Waals surface area contributed by atoms with Gasteiger partial charge < -0.3 is 5.32 Å². The van der Waals surface area contributed by atoms with Crippen LogP contribution in [0.25, 0.3) is 0 Å². The molecule has 0 aliphatic rings. The van der Waals surface area contributed by atoms with Gasteiger partial charge in [-0.2, -0.15) is 0 Å². The Bertz CT molecular complexity index is 595. The van der Waals surface area contributed by atoms with Crippen molar-refractivity contribution >= 4 is 33.2 Å². The Balaban J connectivity index is 2.20. The van der Waals surface area contributed by atoms with E-state index in [9.17, 15) is 0 Å². The van der Waals surface area contributed by atoms with Gasteiger partial charge in [0.05, 0.1) is 5.02 Å². The number of anilines is 1. The number of hydrogen-bond acceptors (Lipinski definition) is 1. The number of aryl methyl sites for hydroxylation is 2. The monoisotopic (exact) mass is 337 g/mol. The molecule has 1 unspecified atom stereocenters. The van der Waals surface area contributed by atoms with Crippen LogP contribution in [0.15, 0.2) is 40.9 Å². The predicted octanol–water partition coefficient (Wildman–Crippen LogP) is 5.89. The summed E-state index contributed by atoms with van der Waals surface area (Å²) in [5.41, 5.74) is 4.94. The van der Waals surface area contributed by atoms with E-state index in [1.165, 1.54) is 16.7 Å². The number of halogens is 2. The lowest BCUT2D eigenvalue weighted by Crippen LogP contribution is -2.08. The van der Waals surface area contributed by atoms with Gasteiger partial charge in [0.1, 0.15) is 0 Å². The third-order valence-corrected chi connectivity index (χ3v) is 4.43. The quantitative estimate of drug-likeness (QED) is 0.735.